The van der Waals surface area contributed by atoms with E-state index in [-0.39, 0.29) is 0 Å². The second-order valence-corrected chi connectivity index (χ2v) is 1.67. The summed E-state index contributed by atoms with van der Waals surface area (Å²) in [5.74, 6) is -2.66. The number of alkyl halides is 2. The zero-order chi connectivity index (χ0) is 9.72. The summed E-state index contributed by atoms with van der Waals surface area (Å²) in [6.45, 7) is -2.36. The van der Waals surface area contributed by atoms with Crippen LogP contribution in [0.1, 0.15) is 6.92 Å². The van der Waals surface area contributed by atoms with E-state index in [0.717, 1.165) is 6.92 Å². The predicted octanol–water partition coefficient (Wildman–Crippen LogP) is 0.255. The fourth-order valence-corrected chi connectivity index (χ4v) is 0.346. The maximum atomic E-state index is 11.3. The number of hydrogen-bond donors (Lipinski definition) is 1. The number of nitrogens with zero attached hydrogens (tertiary/aromatic N) is 1. The van der Waals surface area contributed by atoms with Crippen LogP contribution in [-0.2, 0) is 14.4 Å². The molecule has 0 amide bonds. The lowest BCUT2D eigenvalue weighted by Crippen LogP contribution is -2.21. The van der Waals surface area contributed by atoms with Crippen LogP contribution < -0.4 is 0 Å². The fourth-order valence-electron chi connectivity index (χ4n) is 0.346. The average molecular weight is 181 g/mol. The van der Waals surface area contributed by atoms with Crippen molar-refractivity contribution in [3.63, 3.8) is 0 Å². The number of hydrogen-bond acceptors (Lipinski definition) is 4. The van der Waals surface area contributed by atoms with E-state index in [2.05, 4.69) is 9.99 Å². The second kappa shape index (κ2) is 4.37. The molecular formula is C5H5F2NO4. The van der Waals surface area contributed by atoms with Gasteiger partial charge < -0.3 is 9.94 Å². The summed E-state index contributed by atoms with van der Waals surface area (Å²) in [5, 5.41) is 10.6. The average Bonchev–Trinajstić information content (AvgIpc) is 1.84. The minimum Gasteiger partial charge on any atom is -0.476 e. The van der Waals surface area contributed by atoms with Gasteiger partial charge in [-0.1, -0.05) is 5.16 Å². The summed E-state index contributed by atoms with van der Waals surface area (Å²) in [5.41, 5.74) is -1.06. The van der Waals surface area contributed by atoms with Crippen molar-refractivity contribution in [3.8, 4) is 0 Å². The van der Waals surface area contributed by atoms with Crippen molar-refractivity contribution in [1.29, 1.82) is 0 Å². The number of carboxylic acid groups (broad SMARTS) is 1. The number of carbonyl (C=O) groups excluding carboxylic acids is 1. The first-order chi connectivity index (χ1) is 5.45. The lowest BCUT2D eigenvalue weighted by molar-refractivity contribution is -0.135. The van der Waals surface area contributed by atoms with Crippen LogP contribution in [0.4, 0.5) is 8.78 Å². The maximum Gasteiger partial charge on any atom is 0.407 e. The van der Waals surface area contributed by atoms with E-state index < -0.39 is 24.1 Å². The van der Waals surface area contributed by atoms with E-state index >= 15 is 0 Å². The van der Waals surface area contributed by atoms with Crippen molar-refractivity contribution in [2.75, 3.05) is 0 Å². The van der Waals surface area contributed by atoms with E-state index in [1.165, 1.54) is 0 Å². The van der Waals surface area contributed by atoms with Crippen molar-refractivity contribution in [1.82, 2.24) is 0 Å². The largest absolute Gasteiger partial charge is 0.476 e. The Labute approximate surface area is 65.6 Å². The van der Waals surface area contributed by atoms with Gasteiger partial charge in [-0.3, -0.25) is 4.79 Å². The van der Waals surface area contributed by atoms with E-state index in [0.29, 0.717) is 0 Å². The first-order valence-electron chi connectivity index (χ1n) is 2.71. The van der Waals surface area contributed by atoms with Gasteiger partial charge in [-0.05, 0) is 0 Å². The topological polar surface area (TPSA) is 76.0 Å². The van der Waals surface area contributed by atoms with Gasteiger partial charge in [0.15, 0.2) is 5.78 Å². The summed E-state index contributed by atoms with van der Waals surface area (Å²) in [6, 6.07) is 0. The van der Waals surface area contributed by atoms with Crippen LogP contribution in [0.3, 0.4) is 0 Å². The Morgan fingerprint density at radius 3 is 2.25 bits per heavy atom. The highest BCUT2D eigenvalue weighted by Crippen LogP contribution is 1.95. The van der Waals surface area contributed by atoms with Gasteiger partial charge in [0.2, 0.25) is 5.71 Å². The van der Waals surface area contributed by atoms with Gasteiger partial charge in [0.05, 0.1) is 0 Å². The van der Waals surface area contributed by atoms with Crippen molar-refractivity contribution in [3.05, 3.63) is 0 Å². The van der Waals surface area contributed by atoms with Crippen LogP contribution >= 0.6 is 0 Å². The molecule has 0 fully saturated rings. The Morgan fingerprint density at radius 2 is 2.00 bits per heavy atom. The molecule has 1 N–H and O–H groups in total. The van der Waals surface area contributed by atoms with Crippen LogP contribution in [-0.4, -0.2) is 29.2 Å². The first-order valence-corrected chi connectivity index (χ1v) is 2.71. The Kier molecular flexibility index (Phi) is 3.81. The minimum atomic E-state index is -3.24. The highest BCUT2D eigenvalue weighted by atomic mass is 19.3. The number of aliphatic carboxylic acids is 1. The summed E-state index contributed by atoms with van der Waals surface area (Å²) in [7, 11) is 0. The molecular weight excluding hydrogens is 176 g/mol. The summed E-state index contributed by atoms with van der Waals surface area (Å²) in [6.07, 6.45) is 0. The molecule has 0 bridgehead atoms. The van der Waals surface area contributed by atoms with E-state index in [1.54, 1.807) is 0 Å². The van der Waals surface area contributed by atoms with E-state index in [4.69, 9.17) is 5.11 Å². The number of carboxylic acids is 1. The lowest BCUT2D eigenvalue weighted by atomic mass is 10.3. The molecule has 0 unspecified atom stereocenters. The minimum absolute atomic E-state index is 0.877. The number of oxime groups is 1. The zero-order valence-electron chi connectivity index (χ0n) is 5.95. The second-order valence-electron chi connectivity index (χ2n) is 1.67. The third kappa shape index (κ3) is 3.59. The number of ketones is 1. The van der Waals surface area contributed by atoms with Crippen LogP contribution in [0.5, 0.6) is 0 Å². The lowest BCUT2D eigenvalue weighted by Gasteiger charge is -1.96. The number of rotatable bonds is 4. The molecule has 12 heavy (non-hydrogen) atoms. The van der Waals surface area contributed by atoms with Gasteiger partial charge in [-0.25, -0.2) is 4.79 Å². The molecule has 0 atom stereocenters. The third-order valence-electron chi connectivity index (χ3n) is 0.760. The van der Waals surface area contributed by atoms with Gasteiger partial charge >= 0.3 is 12.6 Å². The number of carbonyl (C=O) groups is 2. The van der Waals surface area contributed by atoms with Crippen LogP contribution in [0.15, 0.2) is 5.16 Å². The summed E-state index contributed by atoms with van der Waals surface area (Å²) in [4.78, 5) is 23.7. The highest BCUT2D eigenvalue weighted by molar-refractivity contribution is 6.63. The SMILES string of the molecule is CC(=O)/C(=N/OC(F)F)C(=O)O. The smallest absolute Gasteiger partial charge is 0.407 e. The Hall–Kier alpha value is -1.53. The van der Waals surface area contributed by atoms with Crippen molar-refractivity contribution < 1.29 is 28.3 Å². The number of halogens is 2. The third-order valence-corrected chi connectivity index (χ3v) is 0.760. The van der Waals surface area contributed by atoms with E-state index in [9.17, 15) is 18.4 Å². The molecule has 0 heterocycles. The summed E-state index contributed by atoms with van der Waals surface area (Å²) < 4.78 is 22.6. The summed E-state index contributed by atoms with van der Waals surface area (Å²) >= 11 is 0. The standard InChI is InChI=1S/C5H5F2NO4/c1-2(9)3(4(10)11)8-12-5(6)7/h5H,1H3,(H,10,11)/b8-3-. The van der Waals surface area contributed by atoms with Gasteiger partial charge in [-0.15, -0.1) is 0 Å². The van der Waals surface area contributed by atoms with Gasteiger partial charge in [-0.2, -0.15) is 8.78 Å². The van der Waals surface area contributed by atoms with Crippen molar-refractivity contribution in [2.24, 2.45) is 5.16 Å². The van der Waals surface area contributed by atoms with Gasteiger partial charge in [0, 0.05) is 6.92 Å². The monoisotopic (exact) mass is 181 g/mol. The Balaban J connectivity index is 4.40. The molecule has 0 aromatic rings. The first kappa shape index (κ1) is 10.5. The van der Waals surface area contributed by atoms with Crippen LogP contribution in [0, 0.1) is 0 Å². The van der Waals surface area contributed by atoms with Gasteiger partial charge in [0.25, 0.3) is 0 Å². The zero-order valence-corrected chi connectivity index (χ0v) is 5.95. The fraction of sp³-hybridized carbons (Fsp3) is 0.400. The molecule has 0 saturated heterocycles. The maximum absolute atomic E-state index is 11.3. The van der Waals surface area contributed by atoms with Crippen LogP contribution in [0.25, 0.3) is 0 Å². The molecule has 0 aliphatic carbocycles. The van der Waals surface area contributed by atoms with Crippen molar-refractivity contribution in [2.45, 2.75) is 13.5 Å². The van der Waals surface area contributed by atoms with Crippen molar-refractivity contribution >= 4 is 17.5 Å². The molecule has 0 saturated carbocycles. The molecule has 0 aliphatic rings. The molecule has 0 rings (SSSR count). The predicted molar refractivity (Wildman–Crippen MR) is 32.8 cm³/mol. The molecule has 0 radical (unpaired) electrons. The molecule has 7 heteroatoms. The molecule has 0 aliphatic heterocycles. The molecule has 0 spiro atoms. The molecule has 68 valence electrons. The van der Waals surface area contributed by atoms with E-state index in [1.807, 2.05) is 0 Å². The van der Waals surface area contributed by atoms with Gasteiger partial charge in [0.1, 0.15) is 0 Å². The molecule has 0 aromatic heterocycles. The molecule has 5 nitrogen and oxygen atoms in total. The highest BCUT2D eigenvalue weighted by Gasteiger charge is 2.16. The Bertz CT molecular complexity index is 209. The number of Topliss-reactive ketones (excluding diaryl/α,β-unsaturated/α-hetero) is 1. The van der Waals surface area contributed by atoms with Crippen LogP contribution in [0.2, 0.25) is 0 Å². The Morgan fingerprint density at radius 1 is 1.50 bits per heavy atom. The quantitative estimate of drug-likeness (QED) is 0.383. The molecule has 0 aromatic carbocycles. The normalized spacial score (nSPS) is 11.5.